The largest absolute Gasteiger partial charge is 0.383 e. The first-order valence-electron chi connectivity index (χ1n) is 7.86. The molecule has 6 nitrogen and oxygen atoms in total. The number of methoxy groups -OCH3 is 1. The van der Waals surface area contributed by atoms with Crippen LogP contribution in [0.25, 0.3) is 0 Å². The number of morpholine rings is 1. The molecule has 0 aromatic heterocycles. The first-order valence-corrected chi connectivity index (χ1v) is 7.86. The Hall–Kier alpha value is -0.120. The Morgan fingerprint density at radius 2 is 1.91 bits per heavy atom. The van der Waals surface area contributed by atoms with Crippen molar-refractivity contribution >= 4 is 29.9 Å². The van der Waals surface area contributed by atoms with Crippen LogP contribution in [0, 0.1) is 5.92 Å². The van der Waals surface area contributed by atoms with Crippen molar-refractivity contribution < 1.29 is 9.47 Å². The minimum Gasteiger partial charge on any atom is -0.383 e. The average Bonchev–Trinajstić information content (AvgIpc) is 2.47. The van der Waals surface area contributed by atoms with E-state index in [1.165, 1.54) is 0 Å². The lowest BCUT2D eigenvalue weighted by Crippen LogP contribution is -2.53. The second-order valence-corrected chi connectivity index (χ2v) is 5.91. The van der Waals surface area contributed by atoms with Crippen LogP contribution in [-0.2, 0) is 9.47 Å². The molecule has 2 unspecified atom stereocenters. The molecule has 0 bridgehead atoms. The zero-order valence-corrected chi connectivity index (χ0v) is 16.9. The van der Waals surface area contributed by atoms with Gasteiger partial charge in [0.2, 0.25) is 0 Å². The Labute approximate surface area is 152 Å². The number of rotatable bonds is 7. The molecule has 2 N–H and O–H groups in total. The van der Waals surface area contributed by atoms with Crippen LogP contribution in [0.4, 0.5) is 0 Å². The molecule has 1 saturated heterocycles. The second-order valence-electron chi connectivity index (χ2n) is 5.91. The van der Waals surface area contributed by atoms with Crippen LogP contribution in [0.15, 0.2) is 4.99 Å². The molecule has 7 heteroatoms. The molecular formula is C15H33IN4O2. The van der Waals surface area contributed by atoms with E-state index in [0.29, 0.717) is 18.6 Å². The van der Waals surface area contributed by atoms with Crippen molar-refractivity contribution in [3.05, 3.63) is 0 Å². The van der Waals surface area contributed by atoms with Crippen LogP contribution >= 0.6 is 24.0 Å². The number of nitrogens with one attached hydrogen (secondary N) is 2. The van der Waals surface area contributed by atoms with Gasteiger partial charge in [-0.3, -0.25) is 9.89 Å². The number of aliphatic imine (C=N–C) groups is 1. The van der Waals surface area contributed by atoms with E-state index < -0.39 is 0 Å². The third kappa shape index (κ3) is 7.94. The van der Waals surface area contributed by atoms with Gasteiger partial charge in [0.05, 0.1) is 19.8 Å². The number of hydrogen-bond donors (Lipinski definition) is 2. The fourth-order valence-electron chi connectivity index (χ4n) is 2.62. The number of hydrogen-bond acceptors (Lipinski definition) is 4. The summed E-state index contributed by atoms with van der Waals surface area (Å²) in [5.41, 5.74) is 0. The van der Waals surface area contributed by atoms with Gasteiger partial charge in [-0.1, -0.05) is 13.8 Å². The van der Waals surface area contributed by atoms with Gasteiger partial charge < -0.3 is 20.1 Å². The maximum absolute atomic E-state index is 5.44. The molecule has 0 aromatic rings. The van der Waals surface area contributed by atoms with Crippen LogP contribution in [0.3, 0.4) is 0 Å². The molecular weight excluding hydrogens is 395 g/mol. The van der Waals surface area contributed by atoms with Gasteiger partial charge in [0.25, 0.3) is 0 Å². The number of halogens is 1. The monoisotopic (exact) mass is 428 g/mol. The smallest absolute Gasteiger partial charge is 0.191 e. The van der Waals surface area contributed by atoms with E-state index in [2.05, 4.69) is 41.3 Å². The normalized spacial score (nSPS) is 19.5. The summed E-state index contributed by atoms with van der Waals surface area (Å²) in [6.07, 6.45) is 0. The van der Waals surface area contributed by atoms with Crippen molar-refractivity contribution in [1.82, 2.24) is 15.5 Å². The third-order valence-corrected chi connectivity index (χ3v) is 3.79. The van der Waals surface area contributed by atoms with E-state index in [1.807, 2.05) is 0 Å². The highest BCUT2D eigenvalue weighted by Gasteiger charge is 2.23. The first-order chi connectivity index (χ1) is 10.1. The van der Waals surface area contributed by atoms with Gasteiger partial charge in [0.15, 0.2) is 5.96 Å². The zero-order valence-electron chi connectivity index (χ0n) is 14.6. The maximum atomic E-state index is 5.44. The lowest BCUT2D eigenvalue weighted by molar-refractivity contribution is 0.00750. The molecule has 0 aliphatic carbocycles. The summed E-state index contributed by atoms with van der Waals surface area (Å²) in [6, 6.07) is 0.729. The average molecular weight is 428 g/mol. The van der Waals surface area contributed by atoms with Crippen molar-refractivity contribution in [2.45, 2.75) is 32.9 Å². The lowest BCUT2D eigenvalue weighted by Gasteiger charge is -2.37. The molecule has 1 aliphatic rings. The van der Waals surface area contributed by atoms with Gasteiger partial charge in [0.1, 0.15) is 0 Å². The van der Waals surface area contributed by atoms with E-state index in [-0.39, 0.29) is 30.0 Å². The quantitative estimate of drug-likeness (QED) is 0.362. The van der Waals surface area contributed by atoms with E-state index in [4.69, 9.17) is 9.47 Å². The van der Waals surface area contributed by atoms with Crippen molar-refractivity contribution in [2.24, 2.45) is 10.9 Å². The van der Waals surface area contributed by atoms with E-state index in [1.54, 1.807) is 14.2 Å². The molecule has 1 heterocycles. The summed E-state index contributed by atoms with van der Waals surface area (Å²) in [5.74, 6) is 1.42. The molecule has 0 amide bonds. The SMILES string of the molecule is CN=C(NCC(C(C)C)N1CCOCC1)NC(C)COC.I. The second kappa shape index (κ2) is 12.3. The van der Waals surface area contributed by atoms with Gasteiger partial charge in [-0.05, 0) is 12.8 Å². The Morgan fingerprint density at radius 3 is 2.41 bits per heavy atom. The third-order valence-electron chi connectivity index (χ3n) is 3.79. The predicted octanol–water partition coefficient (Wildman–Crippen LogP) is 1.16. The summed E-state index contributed by atoms with van der Waals surface area (Å²) in [6.45, 7) is 11.9. The minimum absolute atomic E-state index is 0. The van der Waals surface area contributed by atoms with Gasteiger partial charge in [0, 0.05) is 45.9 Å². The molecule has 22 heavy (non-hydrogen) atoms. The zero-order chi connectivity index (χ0) is 15.7. The van der Waals surface area contributed by atoms with Gasteiger partial charge in [-0.25, -0.2) is 0 Å². The standard InChI is InChI=1S/C15H32N4O2.HI/c1-12(2)14(19-6-8-21-9-7-19)10-17-15(16-4)18-13(3)11-20-5;/h12-14H,6-11H2,1-5H3,(H2,16,17,18);1H. The topological polar surface area (TPSA) is 58.1 Å². The molecule has 0 radical (unpaired) electrons. The van der Waals surface area contributed by atoms with E-state index in [0.717, 1.165) is 38.8 Å². The number of nitrogens with zero attached hydrogens (tertiary/aromatic N) is 2. The van der Waals surface area contributed by atoms with Crippen molar-refractivity contribution in [3.8, 4) is 0 Å². The summed E-state index contributed by atoms with van der Waals surface area (Å²) in [5, 5.41) is 6.77. The van der Waals surface area contributed by atoms with Crippen LogP contribution < -0.4 is 10.6 Å². The Balaban J connectivity index is 0.00000441. The maximum Gasteiger partial charge on any atom is 0.191 e. The fraction of sp³-hybridized carbons (Fsp3) is 0.933. The van der Waals surface area contributed by atoms with Gasteiger partial charge >= 0.3 is 0 Å². The fourth-order valence-corrected chi connectivity index (χ4v) is 2.62. The highest BCUT2D eigenvalue weighted by Crippen LogP contribution is 2.12. The summed E-state index contributed by atoms with van der Waals surface area (Å²) in [4.78, 5) is 6.79. The van der Waals surface area contributed by atoms with Gasteiger partial charge in [-0.15, -0.1) is 24.0 Å². The van der Waals surface area contributed by atoms with Crippen molar-refractivity contribution in [2.75, 3.05) is 53.6 Å². The summed E-state index contributed by atoms with van der Waals surface area (Å²) in [7, 11) is 3.51. The van der Waals surface area contributed by atoms with Crippen molar-refractivity contribution in [1.29, 1.82) is 0 Å². The molecule has 132 valence electrons. The molecule has 0 saturated carbocycles. The van der Waals surface area contributed by atoms with Crippen molar-refractivity contribution in [3.63, 3.8) is 0 Å². The van der Waals surface area contributed by atoms with Crippen LogP contribution in [0.1, 0.15) is 20.8 Å². The van der Waals surface area contributed by atoms with Gasteiger partial charge in [-0.2, -0.15) is 0 Å². The lowest BCUT2D eigenvalue weighted by atomic mass is 10.0. The predicted molar refractivity (Wildman–Crippen MR) is 102 cm³/mol. The summed E-state index contributed by atoms with van der Waals surface area (Å²) >= 11 is 0. The number of ether oxygens (including phenoxy) is 2. The molecule has 0 spiro atoms. The summed E-state index contributed by atoms with van der Waals surface area (Å²) < 4.78 is 10.6. The Morgan fingerprint density at radius 1 is 1.27 bits per heavy atom. The van der Waals surface area contributed by atoms with Crippen LogP contribution in [0.5, 0.6) is 0 Å². The number of guanidine groups is 1. The molecule has 1 rings (SSSR count). The van der Waals surface area contributed by atoms with Crippen LogP contribution in [0.2, 0.25) is 0 Å². The van der Waals surface area contributed by atoms with Crippen LogP contribution in [-0.4, -0.2) is 76.6 Å². The highest BCUT2D eigenvalue weighted by molar-refractivity contribution is 14.0. The molecule has 1 fully saturated rings. The first kappa shape index (κ1) is 21.9. The molecule has 1 aliphatic heterocycles. The molecule has 2 atom stereocenters. The van der Waals surface area contributed by atoms with E-state index >= 15 is 0 Å². The van der Waals surface area contributed by atoms with E-state index in [9.17, 15) is 0 Å². The minimum atomic E-state index is 0. The Bertz CT molecular complexity index is 310. The highest BCUT2D eigenvalue weighted by atomic mass is 127. The molecule has 0 aromatic carbocycles. The Kier molecular flexibility index (Phi) is 12.3.